The van der Waals surface area contributed by atoms with Crippen LogP contribution in [0.3, 0.4) is 0 Å². The number of nitrogens with one attached hydrogen (secondary N) is 2. The van der Waals surface area contributed by atoms with E-state index in [-0.39, 0.29) is 41.4 Å². The molecule has 0 atom stereocenters. The van der Waals surface area contributed by atoms with Crippen molar-refractivity contribution >= 4 is 28.6 Å². The van der Waals surface area contributed by atoms with Gasteiger partial charge in [-0.2, -0.15) is 0 Å². The van der Waals surface area contributed by atoms with Crippen LogP contribution in [0.4, 0.5) is 8.78 Å². The highest BCUT2D eigenvalue weighted by molar-refractivity contribution is 5.98. The maximum Gasteiger partial charge on any atom is 0.267 e. The molecule has 7 nitrogen and oxygen atoms in total. The van der Waals surface area contributed by atoms with Crippen LogP contribution in [0.25, 0.3) is 10.9 Å². The monoisotopic (exact) mass is 378 g/mol. The number of amides is 3. The lowest BCUT2D eigenvalue weighted by Crippen LogP contribution is -2.50. The van der Waals surface area contributed by atoms with E-state index in [0.29, 0.717) is 26.2 Å². The van der Waals surface area contributed by atoms with Gasteiger partial charge in [-0.15, -0.1) is 0 Å². The topological polar surface area (TPSA) is 85.5 Å². The molecule has 0 spiro atoms. The summed E-state index contributed by atoms with van der Waals surface area (Å²) < 4.78 is 27.4. The summed E-state index contributed by atoms with van der Waals surface area (Å²) in [5.41, 5.74) is -0.0453. The second-order valence-corrected chi connectivity index (χ2v) is 6.39. The lowest BCUT2D eigenvalue weighted by molar-refractivity contribution is -0.138. The Kier molecular flexibility index (Phi) is 5.38. The van der Waals surface area contributed by atoms with Gasteiger partial charge in [0, 0.05) is 51.5 Å². The van der Waals surface area contributed by atoms with Crippen molar-refractivity contribution in [2.45, 2.75) is 13.3 Å². The summed E-state index contributed by atoms with van der Waals surface area (Å²) in [5, 5.41) is 2.57. The molecule has 0 saturated carbocycles. The van der Waals surface area contributed by atoms with Gasteiger partial charge in [-0.05, 0) is 18.2 Å². The van der Waals surface area contributed by atoms with Crippen molar-refractivity contribution in [2.24, 2.45) is 0 Å². The van der Waals surface area contributed by atoms with Gasteiger partial charge in [0.15, 0.2) is 0 Å². The number of nitrogens with zero attached hydrogens (tertiary/aromatic N) is 2. The van der Waals surface area contributed by atoms with Crippen LogP contribution in [-0.4, -0.2) is 65.2 Å². The lowest BCUT2D eigenvalue weighted by atomic mass is 10.2. The number of fused-ring (bicyclic) bond motifs is 1. The molecule has 0 bridgehead atoms. The quantitative estimate of drug-likeness (QED) is 0.840. The molecule has 27 heavy (non-hydrogen) atoms. The summed E-state index contributed by atoms with van der Waals surface area (Å²) in [7, 11) is 0. The van der Waals surface area contributed by atoms with Crippen LogP contribution in [0, 0.1) is 11.6 Å². The molecule has 0 aliphatic carbocycles. The second kappa shape index (κ2) is 7.73. The number of carbonyl (C=O) groups is 3. The predicted molar refractivity (Wildman–Crippen MR) is 94.0 cm³/mol. The number of benzene rings is 1. The minimum absolute atomic E-state index is 0.000399. The second-order valence-electron chi connectivity index (χ2n) is 6.39. The molecule has 2 aromatic rings. The molecule has 144 valence electrons. The molecule has 1 saturated heterocycles. The van der Waals surface area contributed by atoms with Crippen molar-refractivity contribution in [3.63, 3.8) is 0 Å². The number of hydrogen-bond acceptors (Lipinski definition) is 3. The molecule has 0 radical (unpaired) electrons. The fraction of sp³-hybridized carbons (Fsp3) is 0.389. The van der Waals surface area contributed by atoms with Crippen LogP contribution >= 0.6 is 0 Å². The number of rotatable bonds is 4. The number of halogens is 2. The SMILES string of the molecule is CC(=O)N1CCN(C(=O)CCNC(=O)c2cc3c(F)ccc(F)c3[nH]2)CC1. The van der Waals surface area contributed by atoms with Gasteiger partial charge >= 0.3 is 0 Å². The Hall–Kier alpha value is -2.97. The van der Waals surface area contributed by atoms with Gasteiger partial charge in [0.05, 0.1) is 5.52 Å². The Labute approximate surface area is 154 Å². The smallest absolute Gasteiger partial charge is 0.267 e. The zero-order valence-electron chi connectivity index (χ0n) is 14.8. The van der Waals surface area contributed by atoms with E-state index < -0.39 is 17.5 Å². The van der Waals surface area contributed by atoms with Gasteiger partial charge in [-0.3, -0.25) is 14.4 Å². The molecule has 1 aliphatic rings. The van der Waals surface area contributed by atoms with Crippen molar-refractivity contribution < 1.29 is 23.2 Å². The van der Waals surface area contributed by atoms with E-state index in [9.17, 15) is 23.2 Å². The van der Waals surface area contributed by atoms with Crippen LogP contribution in [0.1, 0.15) is 23.8 Å². The first-order valence-corrected chi connectivity index (χ1v) is 8.65. The first kappa shape index (κ1) is 18.8. The van der Waals surface area contributed by atoms with Crippen LogP contribution in [-0.2, 0) is 9.59 Å². The molecule has 1 aromatic heterocycles. The van der Waals surface area contributed by atoms with Gasteiger partial charge < -0.3 is 20.1 Å². The van der Waals surface area contributed by atoms with Gasteiger partial charge in [-0.25, -0.2) is 8.78 Å². The minimum Gasteiger partial charge on any atom is -0.350 e. The third kappa shape index (κ3) is 4.07. The average molecular weight is 378 g/mol. The van der Waals surface area contributed by atoms with Crippen LogP contribution in [0.2, 0.25) is 0 Å². The fourth-order valence-corrected chi connectivity index (χ4v) is 3.08. The molecule has 3 rings (SSSR count). The van der Waals surface area contributed by atoms with E-state index in [4.69, 9.17) is 0 Å². The van der Waals surface area contributed by atoms with E-state index in [0.717, 1.165) is 12.1 Å². The number of H-pyrrole nitrogens is 1. The Balaban J connectivity index is 1.51. The van der Waals surface area contributed by atoms with E-state index in [1.54, 1.807) is 9.80 Å². The minimum atomic E-state index is -0.648. The predicted octanol–water partition coefficient (Wildman–Crippen LogP) is 1.26. The zero-order chi connectivity index (χ0) is 19.6. The van der Waals surface area contributed by atoms with Gasteiger partial charge in [0.2, 0.25) is 11.8 Å². The lowest BCUT2D eigenvalue weighted by Gasteiger charge is -2.34. The van der Waals surface area contributed by atoms with Crippen LogP contribution in [0.5, 0.6) is 0 Å². The number of aromatic nitrogens is 1. The summed E-state index contributed by atoms with van der Waals surface area (Å²) in [6.45, 7) is 3.53. The van der Waals surface area contributed by atoms with Crippen molar-refractivity contribution in [3.05, 3.63) is 35.5 Å². The van der Waals surface area contributed by atoms with Gasteiger partial charge in [-0.1, -0.05) is 0 Å². The van der Waals surface area contributed by atoms with Crippen LogP contribution < -0.4 is 5.32 Å². The van der Waals surface area contributed by atoms with Gasteiger partial charge in [0.25, 0.3) is 5.91 Å². The van der Waals surface area contributed by atoms with E-state index in [1.807, 2.05) is 0 Å². The molecule has 3 amide bonds. The van der Waals surface area contributed by atoms with Crippen molar-refractivity contribution in [2.75, 3.05) is 32.7 Å². The number of hydrogen-bond donors (Lipinski definition) is 2. The maximum atomic E-state index is 13.7. The molecule has 1 aromatic carbocycles. The Bertz CT molecular complexity index is 849. The number of piperazine rings is 1. The molecule has 0 unspecified atom stereocenters. The molecular weight excluding hydrogens is 358 g/mol. The largest absolute Gasteiger partial charge is 0.350 e. The summed E-state index contributed by atoms with van der Waals surface area (Å²) in [6, 6.07) is 3.23. The normalized spacial score (nSPS) is 14.5. The maximum absolute atomic E-state index is 13.7. The van der Waals surface area contributed by atoms with Crippen molar-refractivity contribution in [1.29, 1.82) is 0 Å². The molecule has 1 aliphatic heterocycles. The molecule has 9 heteroatoms. The third-order valence-electron chi connectivity index (χ3n) is 4.64. The summed E-state index contributed by atoms with van der Waals surface area (Å²) >= 11 is 0. The highest BCUT2D eigenvalue weighted by atomic mass is 19.1. The zero-order valence-corrected chi connectivity index (χ0v) is 14.8. The van der Waals surface area contributed by atoms with E-state index in [2.05, 4.69) is 10.3 Å². The standard InChI is InChI=1S/C18H20F2N4O3/c1-11(25)23-6-8-24(9-7-23)16(26)4-5-21-18(27)15-10-12-13(19)2-3-14(20)17(12)22-15/h2-3,10,22H,4-9H2,1H3,(H,21,27). The fourth-order valence-electron chi connectivity index (χ4n) is 3.08. The van der Waals surface area contributed by atoms with Crippen LogP contribution in [0.15, 0.2) is 18.2 Å². The molecular formula is C18H20F2N4O3. The molecule has 2 heterocycles. The van der Waals surface area contributed by atoms with Crippen molar-refractivity contribution in [1.82, 2.24) is 20.1 Å². The highest BCUT2D eigenvalue weighted by Gasteiger charge is 2.22. The summed E-state index contributed by atoms with van der Waals surface area (Å²) in [6.07, 6.45) is 0.106. The van der Waals surface area contributed by atoms with Crippen molar-refractivity contribution in [3.8, 4) is 0 Å². The molecule has 2 N–H and O–H groups in total. The van der Waals surface area contributed by atoms with E-state index >= 15 is 0 Å². The molecule has 1 fully saturated rings. The summed E-state index contributed by atoms with van der Waals surface area (Å²) in [4.78, 5) is 41.5. The Morgan fingerprint density at radius 3 is 2.33 bits per heavy atom. The third-order valence-corrected chi connectivity index (χ3v) is 4.64. The number of aromatic amines is 1. The number of carbonyl (C=O) groups excluding carboxylic acids is 3. The first-order valence-electron chi connectivity index (χ1n) is 8.65. The Morgan fingerprint density at radius 2 is 1.70 bits per heavy atom. The van der Waals surface area contributed by atoms with E-state index in [1.165, 1.54) is 13.0 Å². The van der Waals surface area contributed by atoms with Gasteiger partial charge in [0.1, 0.15) is 17.3 Å². The summed E-state index contributed by atoms with van der Waals surface area (Å²) in [5.74, 6) is -1.95. The average Bonchev–Trinajstić information content (AvgIpc) is 3.11. The highest BCUT2D eigenvalue weighted by Crippen LogP contribution is 2.21. The first-order chi connectivity index (χ1) is 12.9. The Morgan fingerprint density at radius 1 is 1.07 bits per heavy atom.